The van der Waals surface area contributed by atoms with Crippen molar-refractivity contribution in [2.24, 2.45) is 0 Å². The molecular weight excluding hydrogens is 346 g/mol. The maximum Gasteiger partial charge on any atom is 0.120 e. The summed E-state index contributed by atoms with van der Waals surface area (Å²) < 4.78 is 6.64. The molecule has 0 saturated carbocycles. The molecule has 0 aliphatic heterocycles. The fourth-order valence-corrected chi connectivity index (χ4v) is 3.55. The Morgan fingerprint density at radius 1 is 1.19 bits per heavy atom. The molecule has 1 heterocycles. The Bertz CT molecular complexity index is 926. The summed E-state index contributed by atoms with van der Waals surface area (Å²) in [4.78, 5) is 15.6. The second-order valence-corrected chi connectivity index (χ2v) is 6.73. The molecule has 4 nitrogen and oxygen atoms in total. The molecule has 0 aliphatic carbocycles. The summed E-state index contributed by atoms with van der Waals surface area (Å²) in [5.41, 5.74) is 2.71. The third-order valence-corrected chi connectivity index (χ3v) is 4.85. The fraction of sp³-hybridized carbons (Fsp3) is 0.143. The normalized spacial score (nSPS) is 11.5. The first kappa shape index (κ1) is 17.9. The van der Waals surface area contributed by atoms with Crippen molar-refractivity contribution in [2.75, 3.05) is 6.61 Å². The number of para-hydroxylation sites is 1. The number of nitrogens with zero attached hydrogens (tertiary/aromatic N) is 1. The highest BCUT2D eigenvalue weighted by atomic mass is 32.1. The predicted molar refractivity (Wildman–Crippen MR) is 104 cm³/mol. The van der Waals surface area contributed by atoms with Crippen LogP contribution in [0.1, 0.15) is 23.4 Å². The number of allylic oxidation sites excluding steroid dienone is 1. The van der Waals surface area contributed by atoms with Gasteiger partial charge in [0, 0.05) is 5.97 Å². The zero-order valence-corrected chi connectivity index (χ0v) is 15.0. The highest BCUT2D eigenvalue weighted by Crippen LogP contribution is 2.31. The van der Waals surface area contributed by atoms with E-state index in [2.05, 4.69) is 11.6 Å². The van der Waals surface area contributed by atoms with Crippen LogP contribution in [0.15, 0.2) is 61.2 Å². The Labute approximate surface area is 156 Å². The van der Waals surface area contributed by atoms with Crippen molar-refractivity contribution in [3.8, 4) is 5.75 Å². The van der Waals surface area contributed by atoms with Crippen molar-refractivity contribution in [3.05, 3.63) is 71.8 Å². The van der Waals surface area contributed by atoms with Crippen LogP contribution >= 0.6 is 11.3 Å². The fourth-order valence-electron chi connectivity index (χ4n) is 2.54. The van der Waals surface area contributed by atoms with Gasteiger partial charge >= 0.3 is 0 Å². The van der Waals surface area contributed by atoms with Crippen LogP contribution < -0.4 is 9.84 Å². The van der Waals surface area contributed by atoms with Crippen LogP contribution in [0.5, 0.6) is 5.75 Å². The minimum absolute atomic E-state index is 0.0472. The first-order chi connectivity index (χ1) is 12.7. The van der Waals surface area contributed by atoms with Crippen molar-refractivity contribution < 1.29 is 14.6 Å². The molecule has 0 saturated heterocycles. The van der Waals surface area contributed by atoms with Crippen molar-refractivity contribution in [1.29, 1.82) is 0 Å². The largest absolute Gasteiger partial charge is 0.550 e. The van der Waals surface area contributed by atoms with E-state index in [0.717, 1.165) is 32.1 Å². The molecule has 3 rings (SSSR count). The van der Waals surface area contributed by atoms with E-state index < -0.39 is 5.97 Å². The lowest BCUT2D eigenvalue weighted by atomic mass is 10.1. The summed E-state index contributed by atoms with van der Waals surface area (Å²) in [6.07, 6.45) is 3.96. The predicted octanol–water partition coefficient (Wildman–Crippen LogP) is 3.93. The number of fused-ring (bicyclic) bond motifs is 1. The standard InChI is InChI=1S/C21H19NO3S/c1-2-12-25-17-7-5-6-15(14-17)13-16(10-11-20(23)24)21-22-18-8-3-4-9-19(18)26-21/h2-9,13-14H,1,10-12H2,(H,23,24)/p-1/b16-13+. The number of aromatic nitrogens is 1. The lowest BCUT2D eigenvalue weighted by molar-refractivity contribution is -0.305. The Kier molecular flexibility index (Phi) is 5.81. The number of carbonyl (C=O) groups excluding carboxylic acids is 1. The van der Waals surface area contributed by atoms with E-state index in [-0.39, 0.29) is 6.42 Å². The molecule has 0 aliphatic rings. The van der Waals surface area contributed by atoms with Gasteiger partial charge in [0.2, 0.25) is 0 Å². The monoisotopic (exact) mass is 364 g/mol. The minimum atomic E-state index is -1.07. The molecule has 132 valence electrons. The van der Waals surface area contributed by atoms with E-state index in [0.29, 0.717) is 13.0 Å². The Balaban J connectivity index is 1.96. The summed E-state index contributed by atoms with van der Waals surface area (Å²) in [6.45, 7) is 4.08. The quantitative estimate of drug-likeness (QED) is 0.568. The number of carbonyl (C=O) groups is 1. The molecule has 26 heavy (non-hydrogen) atoms. The van der Waals surface area contributed by atoms with Crippen molar-refractivity contribution >= 4 is 39.2 Å². The molecule has 0 amide bonds. The van der Waals surface area contributed by atoms with E-state index >= 15 is 0 Å². The number of rotatable bonds is 8. The van der Waals surface area contributed by atoms with Crippen LogP contribution in [0.2, 0.25) is 0 Å². The third-order valence-electron chi connectivity index (χ3n) is 3.73. The molecule has 0 bridgehead atoms. The molecule has 0 radical (unpaired) electrons. The molecule has 3 aromatic rings. The zero-order valence-electron chi connectivity index (χ0n) is 14.2. The smallest absolute Gasteiger partial charge is 0.120 e. The second kappa shape index (κ2) is 8.45. The summed E-state index contributed by atoms with van der Waals surface area (Å²) in [6, 6.07) is 15.5. The van der Waals surface area contributed by atoms with Gasteiger partial charge in [0.15, 0.2) is 0 Å². The number of aliphatic carboxylic acids is 1. The third kappa shape index (κ3) is 4.58. The lowest BCUT2D eigenvalue weighted by Gasteiger charge is -2.07. The van der Waals surface area contributed by atoms with E-state index in [1.54, 1.807) is 17.4 Å². The van der Waals surface area contributed by atoms with Gasteiger partial charge in [-0.3, -0.25) is 0 Å². The molecule has 5 heteroatoms. The number of hydrogen-bond acceptors (Lipinski definition) is 5. The molecule has 2 aromatic carbocycles. The summed E-state index contributed by atoms with van der Waals surface area (Å²) >= 11 is 1.56. The average Bonchev–Trinajstić information content (AvgIpc) is 3.07. The first-order valence-electron chi connectivity index (χ1n) is 8.26. The average molecular weight is 364 g/mol. The van der Waals surface area contributed by atoms with Crippen LogP contribution in [-0.2, 0) is 4.79 Å². The molecular formula is C21H18NO3S-. The highest BCUT2D eigenvalue weighted by molar-refractivity contribution is 7.19. The van der Waals surface area contributed by atoms with Gasteiger partial charge in [0.05, 0.1) is 10.2 Å². The summed E-state index contributed by atoms with van der Waals surface area (Å²) in [7, 11) is 0. The number of thiazole rings is 1. The van der Waals surface area contributed by atoms with Crippen LogP contribution in [0.25, 0.3) is 21.9 Å². The van der Waals surface area contributed by atoms with Gasteiger partial charge in [0.1, 0.15) is 17.4 Å². The minimum Gasteiger partial charge on any atom is -0.550 e. The summed E-state index contributed by atoms with van der Waals surface area (Å²) in [5.74, 6) is -0.331. The maximum absolute atomic E-state index is 10.9. The summed E-state index contributed by atoms with van der Waals surface area (Å²) in [5, 5.41) is 11.8. The number of hydrogen-bond donors (Lipinski definition) is 0. The van der Waals surface area contributed by atoms with Gasteiger partial charge in [-0.25, -0.2) is 4.98 Å². The number of ether oxygens (including phenoxy) is 1. The van der Waals surface area contributed by atoms with Crippen molar-refractivity contribution in [3.63, 3.8) is 0 Å². The SMILES string of the molecule is C=CCOc1cccc(/C=C(\CCC(=O)[O-])c2nc3ccccc3s2)c1. The van der Waals surface area contributed by atoms with Crippen molar-refractivity contribution in [1.82, 2.24) is 4.98 Å². The van der Waals surface area contributed by atoms with E-state index in [9.17, 15) is 9.90 Å². The number of carboxylic acid groups (broad SMARTS) is 1. The number of benzene rings is 2. The Morgan fingerprint density at radius 2 is 2.04 bits per heavy atom. The van der Waals surface area contributed by atoms with Crippen molar-refractivity contribution in [2.45, 2.75) is 12.8 Å². The Hall–Kier alpha value is -2.92. The zero-order chi connectivity index (χ0) is 18.4. The highest BCUT2D eigenvalue weighted by Gasteiger charge is 2.09. The van der Waals surface area contributed by atoms with Gasteiger partial charge in [-0.15, -0.1) is 11.3 Å². The molecule has 0 spiro atoms. The van der Waals surface area contributed by atoms with Gasteiger partial charge in [0.25, 0.3) is 0 Å². The van der Waals surface area contributed by atoms with Gasteiger partial charge in [-0.2, -0.15) is 0 Å². The number of carboxylic acids is 1. The van der Waals surface area contributed by atoms with E-state index in [4.69, 9.17) is 4.74 Å². The topological polar surface area (TPSA) is 62.2 Å². The van der Waals surface area contributed by atoms with Gasteiger partial charge < -0.3 is 14.6 Å². The molecule has 0 N–H and O–H groups in total. The molecule has 0 unspecified atom stereocenters. The van der Waals surface area contributed by atoms with Crippen LogP contribution in [0, 0.1) is 0 Å². The molecule has 0 atom stereocenters. The van der Waals surface area contributed by atoms with E-state index in [1.807, 2.05) is 54.6 Å². The second-order valence-electron chi connectivity index (χ2n) is 5.70. The Morgan fingerprint density at radius 3 is 2.81 bits per heavy atom. The molecule has 0 fully saturated rings. The maximum atomic E-state index is 10.9. The first-order valence-corrected chi connectivity index (χ1v) is 9.07. The van der Waals surface area contributed by atoms with Crippen LogP contribution in [0.3, 0.4) is 0 Å². The van der Waals surface area contributed by atoms with Gasteiger partial charge in [-0.1, -0.05) is 36.9 Å². The van der Waals surface area contributed by atoms with E-state index in [1.165, 1.54) is 0 Å². The lowest BCUT2D eigenvalue weighted by Crippen LogP contribution is -2.21. The molecule has 1 aromatic heterocycles. The van der Waals surface area contributed by atoms with Crippen LogP contribution in [-0.4, -0.2) is 17.6 Å². The van der Waals surface area contributed by atoms with Gasteiger partial charge in [-0.05, 0) is 54.3 Å². The van der Waals surface area contributed by atoms with Crippen LogP contribution in [0.4, 0.5) is 0 Å².